The van der Waals surface area contributed by atoms with Crippen molar-refractivity contribution in [2.45, 2.75) is 26.4 Å². The van der Waals surface area contributed by atoms with Crippen LogP contribution in [0.4, 0.5) is 5.69 Å². The van der Waals surface area contributed by atoms with Crippen LogP contribution < -0.4 is 10.2 Å². The number of nitro benzene ring substituents is 1. The third-order valence-corrected chi connectivity index (χ3v) is 4.24. The van der Waals surface area contributed by atoms with Crippen molar-refractivity contribution in [3.8, 4) is 11.5 Å². The van der Waals surface area contributed by atoms with E-state index in [1.54, 1.807) is 12.1 Å². The number of nitrogens with one attached hydrogen (secondary N) is 2. The van der Waals surface area contributed by atoms with E-state index in [9.17, 15) is 10.1 Å². The lowest BCUT2D eigenvalue weighted by Crippen LogP contribution is -3.06. The number of nitrogens with zero attached hydrogens (tertiary/aromatic N) is 4. The zero-order valence-corrected chi connectivity index (χ0v) is 16.7. The van der Waals surface area contributed by atoms with Crippen LogP contribution in [0.5, 0.6) is 0 Å². The Balaban J connectivity index is 2.08. The molecule has 0 fully saturated rings. The number of quaternary nitrogens is 1. The first kappa shape index (κ1) is 20.7. The van der Waals surface area contributed by atoms with Gasteiger partial charge < -0.3 is 19.5 Å². The Hall–Kier alpha value is -2.59. The first-order valence-electron chi connectivity index (χ1n) is 8.68. The molecule has 0 aliphatic carbocycles. The number of aromatic nitrogens is 2. The molecule has 1 heterocycles. The number of hydrogen-bond acceptors (Lipinski definition) is 6. The predicted molar refractivity (Wildman–Crippen MR) is 105 cm³/mol. The maximum atomic E-state index is 10.9. The minimum absolute atomic E-state index is 0.0237. The van der Waals surface area contributed by atoms with Gasteiger partial charge in [0.25, 0.3) is 5.69 Å². The molecule has 1 aromatic carbocycles. The Kier molecular flexibility index (Phi) is 7.19. The second-order valence-electron chi connectivity index (χ2n) is 6.72. The molecule has 0 spiro atoms. The number of thiocarbonyl (C=S) groups is 1. The fourth-order valence-corrected chi connectivity index (χ4v) is 2.72. The van der Waals surface area contributed by atoms with Crippen LogP contribution in [-0.4, -0.2) is 58.4 Å². The molecule has 0 unspecified atom stereocenters. The molecule has 0 saturated heterocycles. The summed E-state index contributed by atoms with van der Waals surface area (Å²) in [5.41, 5.74) is 0.484. The van der Waals surface area contributed by atoms with E-state index in [0.29, 0.717) is 23.1 Å². The van der Waals surface area contributed by atoms with Crippen LogP contribution in [0.25, 0.3) is 11.5 Å². The average Bonchev–Trinajstić information content (AvgIpc) is 3.07. The van der Waals surface area contributed by atoms with E-state index in [1.807, 2.05) is 18.7 Å². The SMILES string of the molecule is CC(C)N(Cc1nnc(-c2cccc([N+](=O)[O-])c2)o1)C(=S)NCC[NH+](C)C. The highest BCUT2D eigenvalue weighted by Gasteiger charge is 2.19. The second-order valence-corrected chi connectivity index (χ2v) is 7.11. The molecular weight excluding hydrogens is 368 g/mol. The van der Waals surface area contributed by atoms with Crippen molar-refractivity contribution in [3.05, 3.63) is 40.3 Å². The third-order valence-electron chi connectivity index (χ3n) is 3.86. The summed E-state index contributed by atoms with van der Waals surface area (Å²) < 4.78 is 5.70. The normalized spacial score (nSPS) is 11.0. The highest BCUT2D eigenvalue weighted by atomic mass is 32.1. The molecule has 2 aromatic rings. The molecule has 9 nitrogen and oxygen atoms in total. The van der Waals surface area contributed by atoms with E-state index < -0.39 is 4.92 Å². The Bertz CT molecular complexity index is 792. The number of likely N-dealkylation sites (N-methyl/N-ethyl adjacent to an activating group) is 1. The van der Waals surface area contributed by atoms with Gasteiger partial charge in [-0.1, -0.05) is 6.07 Å². The Labute approximate surface area is 163 Å². The summed E-state index contributed by atoms with van der Waals surface area (Å²) in [5.74, 6) is 0.639. The van der Waals surface area contributed by atoms with Crippen LogP contribution in [0.15, 0.2) is 28.7 Å². The predicted octanol–water partition coefficient (Wildman–Crippen LogP) is 0.874. The Morgan fingerprint density at radius 3 is 2.78 bits per heavy atom. The minimum Gasteiger partial charge on any atom is -0.419 e. The standard InChI is InChI=1S/C17H24N6O3S/c1-12(2)22(17(27)18-8-9-21(3)4)11-15-19-20-16(26-15)13-6-5-7-14(10-13)23(24)25/h5-7,10,12H,8-9,11H2,1-4H3,(H,18,27)/p+1. The summed E-state index contributed by atoms with van der Waals surface area (Å²) in [6, 6.07) is 6.25. The van der Waals surface area contributed by atoms with Gasteiger partial charge in [-0.25, -0.2) is 0 Å². The smallest absolute Gasteiger partial charge is 0.270 e. The van der Waals surface area contributed by atoms with Crippen molar-refractivity contribution in [2.75, 3.05) is 27.2 Å². The summed E-state index contributed by atoms with van der Waals surface area (Å²) in [5, 5.41) is 22.9. The summed E-state index contributed by atoms with van der Waals surface area (Å²) >= 11 is 5.49. The molecule has 10 heteroatoms. The molecule has 2 rings (SSSR count). The lowest BCUT2D eigenvalue weighted by molar-refractivity contribution is -0.856. The van der Waals surface area contributed by atoms with Gasteiger partial charge in [0.05, 0.1) is 38.7 Å². The molecule has 0 atom stereocenters. The number of nitro groups is 1. The molecular formula is C17H25N6O3S+. The van der Waals surface area contributed by atoms with Gasteiger partial charge in [-0.15, -0.1) is 10.2 Å². The van der Waals surface area contributed by atoms with Gasteiger partial charge in [0.15, 0.2) is 5.11 Å². The van der Waals surface area contributed by atoms with Crippen molar-refractivity contribution >= 4 is 23.0 Å². The number of hydrogen-bond donors (Lipinski definition) is 2. The minimum atomic E-state index is -0.458. The molecule has 0 aliphatic rings. The summed E-state index contributed by atoms with van der Waals surface area (Å²) in [4.78, 5) is 13.8. The van der Waals surface area contributed by atoms with E-state index >= 15 is 0 Å². The number of rotatable bonds is 8. The maximum absolute atomic E-state index is 10.9. The van der Waals surface area contributed by atoms with Crippen LogP contribution in [0, 0.1) is 10.1 Å². The third kappa shape index (κ3) is 5.97. The van der Waals surface area contributed by atoms with Crippen LogP contribution in [-0.2, 0) is 6.54 Å². The van der Waals surface area contributed by atoms with E-state index in [2.05, 4.69) is 29.6 Å². The van der Waals surface area contributed by atoms with Crippen LogP contribution in [0.3, 0.4) is 0 Å². The van der Waals surface area contributed by atoms with Gasteiger partial charge in [-0.2, -0.15) is 0 Å². The van der Waals surface area contributed by atoms with Crippen molar-refractivity contribution in [1.29, 1.82) is 0 Å². The van der Waals surface area contributed by atoms with Gasteiger partial charge >= 0.3 is 0 Å². The monoisotopic (exact) mass is 393 g/mol. The largest absolute Gasteiger partial charge is 0.419 e. The molecule has 146 valence electrons. The number of benzene rings is 1. The van der Waals surface area contributed by atoms with E-state index in [4.69, 9.17) is 16.6 Å². The first-order valence-corrected chi connectivity index (χ1v) is 9.09. The summed E-state index contributed by atoms with van der Waals surface area (Å²) in [6.07, 6.45) is 0. The summed E-state index contributed by atoms with van der Waals surface area (Å²) in [7, 11) is 4.16. The Morgan fingerprint density at radius 2 is 2.15 bits per heavy atom. The molecule has 1 aromatic heterocycles. The van der Waals surface area contributed by atoms with Gasteiger partial charge in [0.1, 0.15) is 0 Å². The Morgan fingerprint density at radius 1 is 1.41 bits per heavy atom. The van der Waals surface area contributed by atoms with Crippen LogP contribution in [0.1, 0.15) is 19.7 Å². The zero-order valence-electron chi connectivity index (χ0n) is 15.9. The number of non-ortho nitro benzene ring substituents is 1. The molecule has 27 heavy (non-hydrogen) atoms. The zero-order chi connectivity index (χ0) is 20.0. The average molecular weight is 393 g/mol. The van der Waals surface area contributed by atoms with Crippen LogP contribution >= 0.6 is 12.2 Å². The van der Waals surface area contributed by atoms with Gasteiger partial charge in [0.2, 0.25) is 11.8 Å². The lowest BCUT2D eigenvalue weighted by atomic mass is 10.2. The van der Waals surface area contributed by atoms with E-state index in [0.717, 1.165) is 13.1 Å². The van der Waals surface area contributed by atoms with Crippen molar-refractivity contribution in [2.24, 2.45) is 0 Å². The van der Waals surface area contributed by atoms with E-state index in [-0.39, 0.29) is 17.6 Å². The first-order chi connectivity index (χ1) is 12.8. The molecule has 0 radical (unpaired) electrons. The van der Waals surface area contributed by atoms with Crippen molar-refractivity contribution in [3.63, 3.8) is 0 Å². The van der Waals surface area contributed by atoms with Gasteiger partial charge in [-0.05, 0) is 32.1 Å². The second kappa shape index (κ2) is 9.38. The topological polar surface area (TPSA) is 102 Å². The van der Waals surface area contributed by atoms with Gasteiger partial charge in [0, 0.05) is 23.7 Å². The summed E-state index contributed by atoms with van der Waals surface area (Å²) in [6.45, 7) is 6.14. The molecule has 0 bridgehead atoms. The fraction of sp³-hybridized carbons (Fsp3) is 0.471. The molecule has 2 N–H and O–H groups in total. The van der Waals surface area contributed by atoms with Crippen LogP contribution in [0.2, 0.25) is 0 Å². The highest BCUT2D eigenvalue weighted by molar-refractivity contribution is 7.80. The fourth-order valence-electron chi connectivity index (χ4n) is 2.34. The quantitative estimate of drug-likeness (QED) is 0.387. The van der Waals surface area contributed by atoms with Gasteiger partial charge in [-0.3, -0.25) is 10.1 Å². The molecule has 0 saturated carbocycles. The molecule has 0 amide bonds. The highest BCUT2D eigenvalue weighted by Crippen LogP contribution is 2.23. The maximum Gasteiger partial charge on any atom is 0.270 e. The van der Waals surface area contributed by atoms with Crippen molar-refractivity contribution in [1.82, 2.24) is 20.4 Å². The van der Waals surface area contributed by atoms with Crippen molar-refractivity contribution < 1.29 is 14.2 Å². The lowest BCUT2D eigenvalue weighted by Gasteiger charge is -2.28. The van der Waals surface area contributed by atoms with E-state index in [1.165, 1.54) is 17.0 Å². The molecule has 0 aliphatic heterocycles.